The van der Waals surface area contributed by atoms with E-state index in [-0.39, 0.29) is 5.78 Å². The molecule has 0 unspecified atom stereocenters. The average molecular weight is 201 g/mol. The summed E-state index contributed by atoms with van der Waals surface area (Å²) in [5.74, 6) is 1.87. The van der Waals surface area contributed by atoms with Crippen molar-refractivity contribution in [2.45, 2.75) is 33.1 Å². The number of carbonyl (C=O) groups is 1. The van der Waals surface area contributed by atoms with Crippen molar-refractivity contribution in [3.63, 3.8) is 0 Å². The van der Waals surface area contributed by atoms with E-state index in [0.29, 0.717) is 23.6 Å². The molecule has 0 saturated heterocycles. The number of Topliss-reactive ketones (excluding diaryl/α,β-unsaturated/α-hetero) is 1. The number of carbonyl (C=O) groups excluding carboxylic acids is 1. The predicted octanol–water partition coefficient (Wildman–Crippen LogP) is 3.23. The van der Waals surface area contributed by atoms with Gasteiger partial charge in [-0.05, 0) is 13.8 Å². The van der Waals surface area contributed by atoms with Gasteiger partial charge >= 0.3 is 0 Å². The lowest BCUT2D eigenvalue weighted by Crippen LogP contribution is -2.00. The van der Waals surface area contributed by atoms with Crippen LogP contribution in [0.5, 0.6) is 0 Å². The van der Waals surface area contributed by atoms with Gasteiger partial charge in [-0.3, -0.25) is 4.79 Å². The van der Waals surface area contributed by atoms with Crippen molar-refractivity contribution in [2.75, 3.05) is 0 Å². The maximum absolute atomic E-state index is 11.5. The molecule has 0 aliphatic carbocycles. The van der Waals surface area contributed by atoms with E-state index in [1.165, 1.54) is 0 Å². The number of aryl methyl sites for hydroxylation is 2. The molecule has 0 N–H and O–H groups in total. The lowest BCUT2D eigenvalue weighted by atomic mass is 10.0. The fourth-order valence-corrected chi connectivity index (χ4v) is 1.75. The van der Waals surface area contributed by atoms with Gasteiger partial charge in [0.05, 0.1) is 11.4 Å². The van der Waals surface area contributed by atoms with Gasteiger partial charge in [0.25, 0.3) is 0 Å². The third-order valence-corrected chi connectivity index (χ3v) is 2.39. The van der Waals surface area contributed by atoms with Gasteiger partial charge in [0.2, 0.25) is 0 Å². The third-order valence-electron chi connectivity index (χ3n) is 2.12. The first-order valence-corrected chi connectivity index (χ1v) is 4.83. The smallest absolute Gasteiger partial charge is 0.166 e. The van der Waals surface area contributed by atoms with Crippen LogP contribution in [0.25, 0.3) is 0 Å². The van der Waals surface area contributed by atoms with Crippen molar-refractivity contribution in [3.8, 4) is 0 Å². The quantitative estimate of drug-likeness (QED) is 0.554. The molecule has 0 fully saturated rings. The van der Waals surface area contributed by atoms with Crippen LogP contribution in [-0.2, 0) is 5.88 Å². The van der Waals surface area contributed by atoms with E-state index in [2.05, 4.69) is 0 Å². The van der Waals surface area contributed by atoms with E-state index in [0.717, 1.165) is 11.3 Å². The Balaban J connectivity index is 3.24. The zero-order valence-corrected chi connectivity index (χ0v) is 8.86. The maximum Gasteiger partial charge on any atom is 0.166 e. The Kier molecular flexibility index (Phi) is 3.15. The van der Waals surface area contributed by atoms with Crippen LogP contribution < -0.4 is 0 Å². The van der Waals surface area contributed by atoms with Crippen molar-refractivity contribution < 1.29 is 9.21 Å². The minimum absolute atomic E-state index is 0.102. The van der Waals surface area contributed by atoms with Crippen molar-refractivity contribution in [2.24, 2.45) is 0 Å². The van der Waals surface area contributed by atoms with E-state index in [1.54, 1.807) is 6.92 Å². The highest BCUT2D eigenvalue weighted by Crippen LogP contribution is 2.24. The Morgan fingerprint density at radius 1 is 1.38 bits per heavy atom. The summed E-state index contributed by atoms with van der Waals surface area (Å²) in [7, 11) is 0. The SMILES string of the molecule is CCC(=O)c1c(C)oc(C)c1CCl. The number of rotatable bonds is 3. The highest BCUT2D eigenvalue weighted by Gasteiger charge is 2.18. The summed E-state index contributed by atoms with van der Waals surface area (Å²) >= 11 is 5.74. The molecule has 0 aliphatic rings. The number of halogens is 1. The van der Waals surface area contributed by atoms with E-state index in [4.69, 9.17) is 16.0 Å². The van der Waals surface area contributed by atoms with E-state index >= 15 is 0 Å². The molecule has 72 valence electrons. The summed E-state index contributed by atoms with van der Waals surface area (Å²) in [6, 6.07) is 0. The predicted molar refractivity (Wildman–Crippen MR) is 52.4 cm³/mol. The molecule has 0 aromatic carbocycles. The van der Waals surface area contributed by atoms with Gasteiger partial charge < -0.3 is 4.42 Å². The Hall–Kier alpha value is -0.760. The fraction of sp³-hybridized carbons (Fsp3) is 0.500. The maximum atomic E-state index is 11.5. The van der Waals surface area contributed by atoms with Crippen molar-refractivity contribution >= 4 is 17.4 Å². The van der Waals surface area contributed by atoms with Gasteiger partial charge in [-0.2, -0.15) is 0 Å². The zero-order chi connectivity index (χ0) is 10.0. The molecule has 0 bridgehead atoms. The van der Waals surface area contributed by atoms with Crippen molar-refractivity contribution in [1.29, 1.82) is 0 Å². The molecule has 1 aromatic rings. The van der Waals surface area contributed by atoms with E-state index in [9.17, 15) is 4.79 Å². The summed E-state index contributed by atoms with van der Waals surface area (Å²) < 4.78 is 5.35. The molecule has 3 heteroatoms. The molecule has 2 nitrogen and oxygen atoms in total. The third kappa shape index (κ3) is 1.78. The van der Waals surface area contributed by atoms with Crippen molar-refractivity contribution in [1.82, 2.24) is 0 Å². The average Bonchev–Trinajstić information content (AvgIpc) is 2.39. The lowest BCUT2D eigenvalue weighted by molar-refractivity contribution is 0.0986. The van der Waals surface area contributed by atoms with Gasteiger partial charge in [0, 0.05) is 12.0 Å². The molecule has 0 spiro atoms. The number of alkyl halides is 1. The highest BCUT2D eigenvalue weighted by atomic mass is 35.5. The first-order valence-electron chi connectivity index (χ1n) is 4.29. The normalized spacial score (nSPS) is 10.5. The Morgan fingerprint density at radius 3 is 2.46 bits per heavy atom. The van der Waals surface area contributed by atoms with Crippen LogP contribution in [0.4, 0.5) is 0 Å². The Morgan fingerprint density at radius 2 is 2.00 bits per heavy atom. The monoisotopic (exact) mass is 200 g/mol. The topological polar surface area (TPSA) is 30.2 Å². The summed E-state index contributed by atoms with van der Waals surface area (Å²) in [4.78, 5) is 11.5. The lowest BCUT2D eigenvalue weighted by Gasteiger charge is -1.97. The molecular formula is C10H13ClO2. The van der Waals surface area contributed by atoms with E-state index < -0.39 is 0 Å². The molecule has 0 amide bonds. The first kappa shape index (κ1) is 10.3. The standard InChI is InChI=1S/C10H13ClO2/c1-4-9(12)10-7(3)13-6(2)8(10)5-11/h4-5H2,1-3H3. The van der Waals surface area contributed by atoms with Crippen molar-refractivity contribution in [3.05, 3.63) is 22.6 Å². The second kappa shape index (κ2) is 3.97. The number of ketones is 1. The summed E-state index contributed by atoms with van der Waals surface area (Å²) in [5, 5.41) is 0. The van der Waals surface area contributed by atoms with Gasteiger partial charge in [-0.25, -0.2) is 0 Å². The molecule has 13 heavy (non-hydrogen) atoms. The van der Waals surface area contributed by atoms with Crippen LogP contribution in [0.3, 0.4) is 0 Å². The molecular weight excluding hydrogens is 188 g/mol. The summed E-state index contributed by atoms with van der Waals surface area (Å²) in [6.45, 7) is 5.46. The van der Waals surface area contributed by atoms with Gasteiger partial charge in [-0.1, -0.05) is 6.92 Å². The second-order valence-electron chi connectivity index (χ2n) is 2.98. The number of hydrogen-bond acceptors (Lipinski definition) is 2. The fourth-order valence-electron chi connectivity index (χ4n) is 1.43. The van der Waals surface area contributed by atoms with Crippen LogP contribution in [0.1, 0.15) is 40.8 Å². The Labute approximate surface area is 82.9 Å². The van der Waals surface area contributed by atoms with Crippen LogP contribution in [-0.4, -0.2) is 5.78 Å². The van der Waals surface area contributed by atoms with E-state index in [1.807, 2.05) is 13.8 Å². The number of hydrogen-bond donors (Lipinski definition) is 0. The molecule has 0 saturated carbocycles. The van der Waals surface area contributed by atoms with Crippen LogP contribution in [0.2, 0.25) is 0 Å². The Bertz CT molecular complexity index is 326. The minimum Gasteiger partial charge on any atom is -0.466 e. The molecule has 1 heterocycles. The molecule has 0 radical (unpaired) electrons. The van der Waals surface area contributed by atoms with Crippen LogP contribution >= 0.6 is 11.6 Å². The van der Waals surface area contributed by atoms with Crippen LogP contribution in [0, 0.1) is 13.8 Å². The summed E-state index contributed by atoms with van der Waals surface area (Å²) in [5.41, 5.74) is 1.51. The minimum atomic E-state index is 0.102. The molecule has 0 atom stereocenters. The zero-order valence-electron chi connectivity index (χ0n) is 8.11. The molecule has 0 aliphatic heterocycles. The van der Waals surface area contributed by atoms with Crippen LogP contribution in [0.15, 0.2) is 4.42 Å². The summed E-state index contributed by atoms with van der Waals surface area (Å²) in [6.07, 6.45) is 0.490. The number of furan rings is 1. The second-order valence-corrected chi connectivity index (χ2v) is 3.25. The molecule has 1 rings (SSSR count). The molecule has 1 aromatic heterocycles. The highest BCUT2D eigenvalue weighted by molar-refractivity contribution is 6.18. The first-order chi connectivity index (χ1) is 6.11. The van der Waals surface area contributed by atoms with Gasteiger partial charge in [0.15, 0.2) is 5.78 Å². The van der Waals surface area contributed by atoms with Gasteiger partial charge in [-0.15, -0.1) is 11.6 Å². The largest absolute Gasteiger partial charge is 0.466 e. The van der Waals surface area contributed by atoms with Gasteiger partial charge in [0.1, 0.15) is 11.5 Å².